The van der Waals surface area contributed by atoms with Crippen LogP contribution in [0.4, 0.5) is 0 Å². The summed E-state index contributed by atoms with van der Waals surface area (Å²) in [5, 5.41) is 2.79. The van der Waals surface area contributed by atoms with Gasteiger partial charge in [0.2, 0.25) is 0 Å². The van der Waals surface area contributed by atoms with Crippen molar-refractivity contribution < 1.29 is 19.1 Å². The van der Waals surface area contributed by atoms with Gasteiger partial charge in [-0.3, -0.25) is 14.4 Å². The Morgan fingerprint density at radius 3 is 2.85 bits per heavy atom. The first kappa shape index (κ1) is 18.6. The smallest absolute Gasteiger partial charge is 0.289 e. The fourth-order valence-electron chi connectivity index (χ4n) is 3.43. The van der Waals surface area contributed by atoms with Crippen molar-refractivity contribution in [1.82, 2.24) is 10.2 Å². The number of nitrogens with zero attached hydrogens (tertiary/aromatic N) is 1. The van der Waals surface area contributed by atoms with E-state index in [4.69, 9.17) is 4.74 Å². The van der Waals surface area contributed by atoms with E-state index in [2.05, 4.69) is 5.32 Å². The van der Waals surface area contributed by atoms with Gasteiger partial charge >= 0.3 is 0 Å². The summed E-state index contributed by atoms with van der Waals surface area (Å²) in [5.74, 6) is -0.305. The molecule has 0 aromatic carbocycles. The van der Waals surface area contributed by atoms with Gasteiger partial charge in [-0.25, -0.2) is 0 Å². The second kappa shape index (κ2) is 7.23. The van der Waals surface area contributed by atoms with E-state index in [0.717, 1.165) is 17.7 Å². The standard InChI is InChI=1S/C19H24N2O4S/c1-4-20-17(23)16-8-7-15(26-16)13-6-5-9-21(13)18(24)14-10-12(22)11-19(2,3)25-14/h7-8,10,13H,4-6,9,11H2,1-3H3,(H,20,23). The van der Waals surface area contributed by atoms with Gasteiger partial charge in [0.05, 0.1) is 10.9 Å². The summed E-state index contributed by atoms with van der Waals surface area (Å²) < 4.78 is 5.77. The number of hydrogen-bond donors (Lipinski definition) is 1. The number of allylic oxidation sites excluding steroid dienone is 1. The molecule has 3 heterocycles. The highest BCUT2D eigenvalue weighted by atomic mass is 32.1. The van der Waals surface area contributed by atoms with Crippen molar-refractivity contribution in [3.8, 4) is 0 Å². The minimum Gasteiger partial charge on any atom is -0.481 e. The molecule has 2 amide bonds. The first-order valence-corrected chi connectivity index (χ1v) is 9.75. The third-order valence-electron chi connectivity index (χ3n) is 4.52. The average molecular weight is 376 g/mol. The number of rotatable bonds is 4. The molecular formula is C19H24N2O4S. The molecule has 0 saturated carbocycles. The normalized spacial score (nSPS) is 22.0. The van der Waals surface area contributed by atoms with E-state index in [1.807, 2.05) is 26.8 Å². The lowest BCUT2D eigenvalue weighted by Gasteiger charge is -2.32. The molecule has 6 nitrogen and oxygen atoms in total. The Kier molecular flexibility index (Phi) is 5.18. The molecule has 1 N–H and O–H groups in total. The van der Waals surface area contributed by atoms with Crippen molar-refractivity contribution in [3.63, 3.8) is 0 Å². The highest BCUT2D eigenvalue weighted by Gasteiger charge is 2.38. The average Bonchev–Trinajstić information content (AvgIpc) is 3.21. The van der Waals surface area contributed by atoms with Crippen LogP contribution in [0, 0.1) is 0 Å². The number of carbonyl (C=O) groups is 3. The molecule has 140 valence electrons. The van der Waals surface area contributed by atoms with Crippen molar-refractivity contribution in [2.75, 3.05) is 13.1 Å². The lowest BCUT2D eigenvalue weighted by molar-refractivity contribution is -0.138. The van der Waals surface area contributed by atoms with Crippen molar-refractivity contribution >= 4 is 28.9 Å². The van der Waals surface area contributed by atoms with Crippen molar-refractivity contribution in [1.29, 1.82) is 0 Å². The van der Waals surface area contributed by atoms with Gasteiger partial charge in [-0.05, 0) is 45.7 Å². The summed E-state index contributed by atoms with van der Waals surface area (Å²) in [6.45, 7) is 6.70. The quantitative estimate of drug-likeness (QED) is 0.877. The van der Waals surface area contributed by atoms with E-state index in [9.17, 15) is 14.4 Å². The summed E-state index contributed by atoms with van der Waals surface area (Å²) in [4.78, 5) is 40.3. The van der Waals surface area contributed by atoms with E-state index >= 15 is 0 Å². The molecule has 1 atom stereocenters. The van der Waals surface area contributed by atoms with Crippen LogP contribution in [-0.2, 0) is 14.3 Å². The molecule has 1 aromatic rings. The number of ketones is 1. The van der Waals surface area contributed by atoms with Crippen LogP contribution in [0.5, 0.6) is 0 Å². The Labute approximate surface area is 157 Å². The first-order valence-electron chi connectivity index (χ1n) is 8.93. The zero-order chi connectivity index (χ0) is 18.9. The summed E-state index contributed by atoms with van der Waals surface area (Å²) in [5.41, 5.74) is -0.666. The number of amides is 2. The van der Waals surface area contributed by atoms with Gasteiger partial charge in [0.1, 0.15) is 5.60 Å². The number of ether oxygens (including phenoxy) is 1. The maximum atomic E-state index is 13.0. The Hall–Kier alpha value is -2.15. The van der Waals surface area contributed by atoms with E-state index in [0.29, 0.717) is 18.0 Å². The van der Waals surface area contributed by atoms with Gasteiger partial charge in [-0.1, -0.05) is 0 Å². The predicted molar refractivity (Wildman–Crippen MR) is 98.9 cm³/mol. The van der Waals surface area contributed by atoms with Crippen LogP contribution in [0.1, 0.15) is 60.6 Å². The fourth-order valence-corrected chi connectivity index (χ4v) is 4.51. The molecule has 2 aliphatic rings. The molecule has 1 fully saturated rings. The summed E-state index contributed by atoms with van der Waals surface area (Å²) in [6.07, 6.45) is 3.31. The zero-order valence-electron chi connectivity index (χ0n) is 15.3. The van der Waals surface area contributed by atoms with E-state index < -0.39 is 5.60 Å². The highest BCUT2D eigenvalue weighted by Crippen LogP contribution is 2.38. The molecule has 1 aromatic heterocycles. The van der Waals surface area contributed by atoms with Gasteiger partial charge in [0.15, 0.2) is 11.5 Å². The van der Waals surface area contributed by atoms with Crippen molar-refractivity contribution in [2.45, 2.75) is 51.7 Å². The fraction of sp³-hybridized carbons (Fsp3) is 0.526. The van der Waals surface area contributed by atoms with Crippen LogP contribution in [-0.4, -0.2) is 41.2 Å². The number of hydrogen-bond acceptors (Lipinski definition) is 5. The summed E-state index contributed by atoms with van der Waals surface area (Å²) in [7, 11) is 0. The molecule has 1 saturated heterocycles. The van der Waals surface area contributed by atoms with Crippen molar-refractivity contribution in [2.24, 2.45) is 0 Å². The third-order valence-corrected chi connectivity index (χ3v) is 5.70. The Morgan fingerprint density at radius 2 is 2.15 bits per heavy atom. The molecule has 3 rings (SSSR count). The minimum atomic E-state index is -0.666. The van der Waals surface area contributed by atoms with E-state index in [-0.39, 0.29) is 35.8 Å². The second-order valence-electron chi connectivity index (χ2n) is 7.23. The maximum Gasteiger partial charge on any atom is 0.289 e. The lowest BCUT2D eigenvalue weighted by atomic mass is 9.98. The Morgan fingerprint density at radius 1 is 1.38 bits per heavy atom. The van der Waals surface area contributed by atoms with Crippen LogP contribution < -0.4 is 5.32 Å². The number of thiophene rings is 1. The zero-order valence-corrected chi connectivity index (χ0v) is 16.1. The summed E-state index contributed by atoms with van der Waals surface area (Å²) in [6, 6.07) is 3.63. The SMILES string of the molecule is CCNC(=O)c1ccc(C2CCCN2C(=O)C2=CC(=O)CC(C)(C)O2)s1. The molecule has 1 unspecified atom stereocenters. The predicted octanol–water partition coefficient (Wildman–Crippen LogP) is 2.81. The van der Waals surface area contributed by atoms with Gasteiger partial charge in [0.25, 0.3) is 11.8 Å². The highest BCUT2D eigenvalue weighted by molar-refractivity contribution is 7.14. The molecule has 0 radical (unpaired) electrons. The van der Waals surface area contributed by atoms with Crippen LogP contribution in [0.2, 0.25) is 0 Å². The Balaban J connectivity index is 1.79. The van der Waals surface area contributed by atoms with Crippen LogP contribution in [0.15, 0.2) is 24.0 Å². The summed E-state index contributed by atoms with van der Waals surface area (Å²) >= 11 is 1.41. The van der Waals surface area contributed by atoms with Crippen LogP contribution in [0.3, 0.4) is 0 Å². The van der Waals surface area contributed by atoms with E-state index in [1.165, 1.54) is 17.4 Å². The second-order valence-corrected chi connectivity index (χ2v) is 8.35. The number of nitrogens with one attached hydrogen (secondary N) is 1. The third kappa shape index (κ3) is 3.82. The van der Waals surface area contributed by atoms with Crippen molar-refractivity contribution in [3.05, 3.63) is 33.7 Å². The first-order chi connectivity index (χ1) is 12.3. The lowest BCUT2D eigenvalue weighted by Crippen LogP contribution is -2.39. The maximum absolute atomic E-state index is 13.0. The van der Waals surface area contributed by atoms with Gasteiger partial charge < -0.3 is 15.0 Å². The Bertz CT molecular complexity index is 765. The van der Waals surface area contributed by atoms with E-state index in [1.54, 1.807) is 11.0 Å². The molecular weight excluding hydrogens is 352 g/mol. The molecule has 2 aliphatic heterocycles. The molecule has 0 bridgehead atoms. The van der Waals surface area contributed by atoms with Crippen LogP contribution in [0.25, 0.3) is 0 Å². The molecule has 26 heavy (non-hydrogen) atoms. The minimum absolute atomic E-state index is 0.0830. The monoisotopic (exact) mass is 376 g/mol. The molecule has 0 aliphatic carbocycles. The van der Waals surface area contributed by atoms with Gasteiger partial charge in [0, 0.05) is 30.5 Å². The van der Waals surface area contributed by atoms with Crippen LogP contribution >= 0.6 is 11.3 Å². The number of likely N-dealkylation sites (tertiary alicyclic amines) is 1. The topological polar surface area (TPSA) is 75.7 Å². The largest absolute Gasteiger partial charge is 0.481 e. The molecule has 7 heteroatoms. The number of carbonyl (C=O) groups excluding carboxylic acids is 3. The van der Waals surface area contributed by atoms with Gasteiger partial charge in [-0.15, -0.1) is 11.3 Å². The van der Waals surface area contributed by atoms with Gasteiger partial charge in [-0.2, -0.15) is 0 Å². The molecule has 0 spiro atoms.